The molecule has 0 bridgehead atoms. The Morgan fingerprint density at radius 3 is 2.34 bits per heavy atom. The Morgan fingerprint density at radius 2 is 1.64 bits per heavy atom. The van der Waals surface area contributed by atoms with Gasteiger partial charge in [0, 0.05) is 16.8 Å². The first-order valence-electron chi connectivity index (χ1n) is 13.8. The smallest absolute Gasteiger partial charge is 0.309 e. The monoisotopic (exact) mass is 669 g/mol. The van der Waals surface area contributed by atoms with Crippen LogP contribution in [0.2, 0.25) is 0 Å². The van der Waals surface area contributed by atoms with E-state index in [1.54, 1.807) is 41.1 Å². The molecule has 0 aliphatic heterocycles. The van der Waals surface area contributed by atoms with E-state index in [0.717, 1.165) is 15.6 Å². The van der Waals surface area contributed by atoms with Crippen LogP contribution < -0.4 is 9.46 Å². The van der Waals surface area contributed by atoms with Crippen LogP contribution in [0.15, 0.2) is 117 Å². The molecular weight excluding hydrogens is 642 g/mol. The Hall–Kier alpha value is -4.67. The standard InChI is InChI=1S/C34H28BrN3O5S/c1-21-16-18-27(19-17-21)44(40,41)37-32-28-14-7-8-15-29(28)43-33(32)31(24-10-9-11-25(35)20-24)30-22(2)36-38(34(30)42-23(3)39)26-12-5-4-6-13-26/h4-20,31,37H,1-3H3. The predicted molar refractivity (Wildman–Crippen MR) is 173 cm³/mol. The third-order valence-corrected chi connectivity index (χ3v) is 9.09. The van der Waals surface area contributed by atoms with Crippen molar-refractivity contribution in [2.75, 3.05) is 4.72 Å². The van der Waals surface area contributed by atoms with E-state index >= 15 is 0 Å². The molecule has 222 valence electrons. The van der Waals surface area contributed by atoms with Gasteiger partial charge in [-0.1, -0.05) is 76.1 Å². The van der Waals surface area contributed by atoms with Crippen LogP contribution >= 0.6 is 15.9 Å². The SMILES string of the molecule is CC(=O)Oc1c(C(c2cccc(Br)c2)c2oc3ccccc3c2NS(=O)(=O)c2ccc(C)cc2)c(C)nn1-c1ccccc1. The predicted octanol–water partition coefficient (Wildman–Crippen LogP) is 7.90. The first-order valence-corrected chi connectivity index (χ1v) is 16.1. The van der Waals surface area contributed by atoms with Crippen LogP contribution in [-0.4, -0.2) is 24.2 Å². The van der Waals surface area contributed by atoms with E-state index in [2.05, 4.69) is 20.7 Å². The third-order valence-electron chi connectivity index (χ3n) is 7.23. The quantitative estimate of drug-likeness (QED) is 0.165. The summed E-state index contributed by atoms with van der Waals surface area (Å²) in [7, 11) is -4.02. The fraction of sp³-hybridized carbons (Fsp3) is 0.118. The average molecular weight is 671 g/mol. The van der Waals surface area contributed by atoms with Crippen molar-refractivity contribution in [1.82, 2.24) is 9.78 Å². The molecule has 1 N–H and O–H groups in total. The van der Waals surface area contributed by atoms with Crippen LogP contribution in [0.4, 0.5) is 5.69 Å². The van der Waals surface area contributed by atoms with Gasteiger partial charge in [-0.25, -0.2) is 13.1 Å². The minimum absolute atomic E-state index is 0.118. The summed E-state index contributed by atoms with van der Waals surface area (Å²) in [4.78, 5) is 12.6. The van der Waals surface area contributed by atoms with Gasteiger partial charge in [-0.3, -0.25) is 9.52 Å². The van der Waals surface area contributed by atoms with Crippen molar-refractivity contribution in [3.05, 3.63) is 136 Å². The molecule has 8 nitrogen and oxygen atoms in total. The first kappa shape index (κ1) is 29.4. The van der Waals surface area contributed by atoms with Gasteiger partial charge < -0.3 is 9.15 Å². The largest absolute Gasteiger partial charge is 0.458 e. The van der Waals surface area contributed by atoms with Gasteiger partial charge >= 0.3 is 5.97 Å². The maximum atomic E-state index is 13.8. The van der Waals surface area contributed by atoms with E-state index < -0.39 is 21.9 Å². The van der Waals surface area contributed by atoms with Gasteiger partial charge in [0.1, 0.15) is 11.3 Å². The van der Waals surface area contributed by atoms with Gasteiger partial charge in [0.25, 0.3) is 10.0 Å². The van der Waals surface area contributed by atoms with Gasteiger partial charge in [-0.15, -0.1) is 0 Å². The molecule has 2 heterocycles. The molecule has 1 atom stereocenters. The average Bonchev–Trinajstić information content (AvgIpc) is 3.51. The first-order chi connectivity index (χ1) is 21.1. The molecule has 0 fully saturated rings. The molecule has 4 aromatic carbocycles. The molecule has 0 radical (unpaired) electrons. The second kappa shape index (κ2) is 11.8. The number of furan rings is 1. The number of hydrogen-bond acceptors (Lipinski definition) is 6. The minimum atomic E-state index is -4.02. The third kappa shape index (κ3) is 5.66. The van der Waals surface area contributed by atoms with Crippen molar-refractivity contribution in [3.8, 4) is 11.6 Å². The van der Waals surface area contributed by atoms with Gasteiger partial charge in [0.05, 0.1) is 33.4 Å². The lowest BCUT2D eigenvalue weighted by Gasteiger charge is -2.20. The van der Waals surface area contributed by atoms with Crippen LogP contribution in [0.25, 0.3) is 16.7 Å². The maximum absolute atomic E-state index is 13.8. The Bertz CT molecular complexity index is 2100. The van der Waals surface area contributed by atoms with Crippen molar-refractivity contribution in [2.24, 2.45) is 0 Å². The van der Waals surface area contributed by atoms with Crippen LogP contribution in [0.5, 0.6) is 5.88 Å². The Kier molecular flexibility index (Phi) is 7.87. The second-order valence-corrected chi connectivity index (χ2v) is 13.0. The number of benzene rings is 4. The zero-order chi connectivity index (χ0) is 31.0. The van der Waals surface area contributed by atoms with Crippen LogP contribution in [0.1, 0.15) is 41.0 Å². The number of nitrogens with one attached hydrogen (secondary N) is 1. The fourth-order valence-electron chi connectivity index (χ4n) is 5.25. The van der Waals surface area contributed by atoms with Crippen molar-refractivity contribution >= 4 is 48.6 Å². The van der Waals surface area contributed by atoms with Gasteiger partial charge in [-0.2, -0.15) is 5.10 Å². The highest BCUT2D eigenvalue weighted by molar-refractivity contribution is 9.10. The summed E-state index contributed by atoms with van der Waals surface area (Å²) in [6.45, 7) is 5.05. The van der Waals surface area contributed by atoms with Gasteiger partial charge in [0.2, 0.25) is 5.88 Å². The summed E-state index contributed by atoms with van der Waals surface area (Å²) >= 11 is 3.58. The number of sulfonamides is 1. The number of para-hydroxylation sites is 2. The molecule has 0 saturated heterocycles. The van der Waals surface area contributed by atoms with Gasteiger partial charge in [0.15, 0.2) is 0 Å². The van der Waals surface area contributed by atoms with Crippen molar-refractivity contribution in [2.45, 2.75) is 31.6 Å². The zero-order valence-corrected chi connectivity index (χ0v) is 26.5. The van der Waals surface area contributed by atoms with Crippen molar-refractivity contribution in [1.29, 1.82) is 0 Å². The molecule has 0 aliphatic carbocycles. The molecule has 2 aromatic heterocycles. The number of fused-ring (bicyclic) bond motifs is 1. The number of hydrogen-bond donors (Lipinski definition) is 1. The number of rotatable bonds is 8. The summed E-state index contributed by atoms with van der Waals surface area (Å²) in [5.41, 5.74) is 4.30. The summed E-state index contributed by atoms with van der Waals surface area (Å²) in [6, 6.07) is 30.8. The lowest BCUT2D eigenvalue weighted by Crippen LogP contribution is -2.16. The number of esters is 1. The van der Waals surface area contributed by atoms with E-state index in [4.69, 9.17) is 14.3 Å². The molecule has 6 rings (SSSR count). The Morgan fingerprint density at radius 1 is 0.932 bits per heavy atom. The lowest BCUT2D eigenvalue weighted by atomic mass is 9.88. The number of aromatic nitrogens is 2. The van der Waals surface area contributed by atoms with Crippen LogP contribution in [0.3, 0.4) is 0 Å². The molecule has 6 aromatic rings. The van der Waals surface area contributed by atoms with Crippen molar-refractivity contribution < 1.29 is 22.4 Å². The number of aryl methyl sites for hydroxylation is 2. The highest BCUT2D eigenvalue weighted by Gasteiger charge is 2.35. The van der Waals surface area contributed by atoms with E-state index in [-0.39, 0.29) is 16.5 Å². The van der Waals surface area contributed by atoms with Crippen LogP contribution in [0, 0.1) is 13.8 Å². The number of anilines is 1. The highest BCUT2D eigenvalue weighted by Crippen LogP contribution is 2.47. The molecule has 44 heavy (non-hydrogen) atoms. The number of halogens is 1. The summed E-state index contributed by atoms with van der Waals surface area (Å²) in [5, 5.41) is 5.37. The number of carbonyl (C=O) groups is 1. The van der Waals surface area contributed by atoms with E-state index in [1.807, 2.05) is 80.6 Å². The number of carbonyl (C=O) groups excluding carboxylic acids is 1. The molecule has 0 spiro atoms. The summed E-state index contributed by atoms with van der Waals surface area (Å²) in [6.07, 6.45) is 0. The van der Waals surface area contributed by atoms with E-state index in [9.17, 15) is 13.2 Å². The van der Waals surface area contributed by atoms with Crippen LogP contribution in [-0.2, 0) is 14.8 Å². The highest BCUT2D eigenvalue weighted by atomic mass is 79.9. The lowest BCUT2D eigenvalue weighted by molar-refractivity contribution is -0.132. The molecule has 1 unspecified atom stereocenters. The summed E-state index contributed by atoms with van der Waals surface area (Å²) in [5.74, 6) is -0.730. The molecule has 0 saturated carbocycles. The fourth-order valence-corrected chi connectivity index (χ4v) is 6.76. The topological polar surface area (TPSA) is 103 Å². The number of nitrogens with zero attached hydrogens (tertiary/aromatic N) is 2. The summed E-state index contributed by atoms with van der Waals surface area (Å²) < 4.78 is 45.2. The maximum Gasteiger partial charge on any atom is 0.309 e. The van der Waals surface area contributed by atoms with E-state index in [1.165, 1.54) is 6.92 Å². The minimum Gasteiger partial charge on any atom is -0.458 e. The zero-order valence-electron chi connectivity index (χ0n) is 24.1. The normalized spacial score (nSPS) is 12.3. The number of ether oxygens (including phenoxy) is 1. The van der Waals surface area contributed by atoms with Crippen molar-refractivity contribution in [3.63, 3.8) is 0 Å². The van der Waals surface area contributed by atoms with E-state index in [0.29, 0.717) is 33.7 Å². The molecule has 0 amide bonds. The van der Waals surface area contributed by atoms with Gasteiger partial charge in [-0.05, 0) is 67.9 Å². The molecule has 10 heteroatoms. The Labute approximate surface area is 263 Å². The Balaban J connectivity index is 1.64. The second-order valence-electron chi connectivity index (χ2n) is 10.4. The molecule has 0 aliphatic rings. The molecular formula is C34H28BrN3O5S.